The topological polar surface area (TPSA) is 83.6 Å². The highest BCUT2D eigenvalue weighted by Gasteiger charge is 2.20. The molecule has 0 saturated heterocycles. The number of carboxylic acid groups (broad SMARTS) is 1. The van der Waals surface area contributed by atoms with Gasteiger partial charge in [0.2, 0.25) is 11.8 Å². The molecule has 2 heterocycles. The lowest BCUT2D eigenvalue weighted by Gasteiger charge is -2.22. The van der Waals surface area contributed by atoms with Crippen molar-refractivity contribution in [2.24, 2.45) is 0 Å². The summed E-state index contributed by atoms with van der Waals surface area (Å²) in [6, 6.07) is 13.5. The number of oxazole rings is 1. The number of carbonyl (C=O) groups excluding carboxylic acids is 1. The zero-order chi connectivity index (χ0) is 19.9. The van der Waals surface area contributed by atoms with Crippen molar-refractivity contribution in [3.63, 3.8) is 0 Å². The second-order valence-corrected chi connectivity index (χ2v) is 7.42. The maximum Gasteiger partial charge on any atom is 0.303 e. The van der Waals surface area contributed by atoms with E-state index >= 15 is 0 Å². The highest BCUT2D eigenvalue weighted by atomic mass is 32.1. The lowest BCUT2D eigenvalue weighted by Crippen LogP contribution is -2.33. The Morgan fingerprint density at radius 1 is 1.18 bits per heavy atom. The Morgan fingerprint density at radius 3 is 2.64 bits per heavy atom. The molecule has 0 bridgehead atoms. The van der Waals surface area contributed by atoms with E-state index in [1.165, 1.54) is 11.3 Å². The Balaban J connectivity index is 1.72. The maximum atomic E-state index is 12.9. The fourth-order valence-corrected chi connectivity index (χ4v) is 3.52. The number of benzene rings is 1. The van der Waals surface area contributed by atoms with Crippen LogP contribution >= 0.6 is 11.3 Å². The van der Waals surface area contributed by atoms with E-state index in [1.807, 2.05) is 47.8 Å². The van der Waals surface area contributed by atoms with Gasteiger partial charge in [0.1, 0.15) is 5.76 Å². The Kier molecular flexibility index (Phi) is 6.60. The molecule has 7 heteroatoms. The van der Waals surface area contributed by atoms with Crippen molar-refractivity contribution in [1.29, 1.82) is 0 Å². The molecule has 6 nitrogen and oxygen atoms in total. The largest absolute Gasteiger partial charge is 0.481 e. The summed E-state index contributed by atoms with van der Waals surface area (Å²) in [6.07, 6.45) is 0.566. The third-order valence-electron chi connectivity index (χ3n) is 4.33. The molecule has 2 aromatic heterocycles. The zero-order valence-corrected chi connectivity index (χ0v) is 16.4. The smallest absolute Gasteiger partial charge is 0.303 e. The summed E-state index contributed by atoms with van der Waals surface area (Å²) in [6.45, 7) is 2.63. The number of carboxylic acids is 1. The summed E-state index contributed by atoms with van der Waals surface area (Å²) < 4.78 is 5.72. The fourth-order valence-electron chi connectivity index (χ4n) is 2.87. The van der Waals surface area contributed by atoms with Crippen LogP contribution < -0.4 is 0 Å². The van der Waals surface area contributed by atoms with Crippen LogP contribution in [0.4, 0.5) is 0 Å². The Labute approximate surface area is 167 Å². The lowest BCUT2D eigenvalue weighted by molar-refractivity contribution is -0.138. The van der Waals surface area contributed by atoms with Crippen LogP contribution in [0.2, 0.25) is 0 Å². The highest BCUT2D eigenvalue weighted by Crippen LogP contribution is 2.26. The van der Waals surface area contributed by atoms with Crippen LogP contribution in [0.1, 0.15) is 29.9 Å². The Bertz CT molecular complexity index is 919. The van der Waals surface area contributed by atoms with Gasteiger partial charge < -0.3 is 14.4 Å². The van der Waals surface area contributed by atoms with E-state index in [0.29, 0.717) is 36.9 Å². The molecule has 0 fully saturated rings. The monoisotopic (exact) mass is 398 g/mol. The number of aryl methyl sites for hydroxylation is 1. The van der Waals surface area contributed by atoms with E-state index in [2.05, 4.69) is 4.98 Å². The molecule has 3 aromatic rings. The van der Waals surface area contributed by atoms with E-state index in [-0.39, 0.29) is 18.7 Å². The number of hydrogen-bond donors (Lipinski definition) is 1. The summed E-state index contributed by atoms with van der Waals surface area (Å²) in [5, 5.41) is 10.8. The van der Waals surface area contributed by atoms with E-state index in [4.69, 9.17) is 9.52 Å². The van der Waals surface area contributed by atoms with Gasteiger partial charge >= 0.3 is 5.97 Å². The van der Waals surface area contributed by atoms with Crippen molar-refractivity contribution in [1.82, 2.24) is 9.88 Å². The Hall–Kier alpha value is -2.93. The third-order valence-corrected chi connectivity index (χ3v) is 5.19. The summed E-state index contributed by atoms with van der Waals surface area (Å²) in [5.74, 6) is 0.196. The van der Waals surface area contributed by atoms with Gasteiger partial charge in [-0.05, 0) is 30.4 Å². The molecular weight excluding hydrogens is 376 g/mol. The van der Waals surface area contributed by atoms with Gasteiger partial charge in [0.05, 0.1) is 17.0 Å². The van der Waals surface area contributed by atoms with Crippen LogP contribution in [0, 0.1) is 6.92 Å². The number of aromatic nitrogens is 1. The normalized spacial score (nSPS) is 10.8. The molecule has 1 N–H and O–H groups in total. The second-order valence-electron chi connectivity index (χ2n) is 6.47. The first-order chi connectivity index (χ1) is 13.5. The fraction of sp³-hybridized carbons (Fsp3) is 0.286. The number of rotatable bonds is 9. The van der Waals surface area contributed by atoms with E-state index in [9.17, 15) is 9.59 Å². The van der Waals surface area contributed by atoms with E-state index < -0.39 is 5.97 Å². The SMILES string of the molecule is Cc1oc(-c2cccs2)nc1CC(=O)N(CCCC(=O)O)Cc1ccccc1. The van der Waals surface area contributed by atoms with Crippen LogP contribution in [0.15, 0.2) is 52.3 Å². The summed E-state index contributed by atoms with van der Waals surface area (Å²) in [4.78, 5) is 30.9. The van der Waals surface area contributed by atoms with E-state index in [1.54, 1.807) is 11.8 Å². The quantitative estimate of drug-likeness (QED) is 0.585. The molecule has 3 rings (SSSR count). The molecule has 0 aliphatic carbocycles. The van der Waals surface area contributed by atoms with Crippen molar-refractivity contribution in [2.45, 2.75) is 32.7 Å². The van der Waals surface area contributed by atoms with Gasteiger partial charge in [-0.1, -0.05) is 36.4 Å². The van der Waals surface area contributed by atoms with Gasteiger partial charge in [-0.2, -0.15) is 0 Å². The molecule has 28 heavy (non-hydrogen) atoms. The molecule has 1 aromatic carbocycles. The average Bonchev–Trinajstić information content (AvgIpc) is 3.32. The van der Waals surface area contributed by atoms with Crippen molar-refractivity contribution in [2.75, 3.05) is 6.54 Å². The minimum absolute atomic E-state index is 0.0318. The third kappa shape index (κ3) is 5.29. The van der Waals surface area contributed by atoms with Gasteiger partial charge in [0.25, 0.3) is 0 Å². The first-order valence-corrected chi connectivity index (χ1v) is 9.94. The molecule has 0 spiro atoms. The number of thiophene rings is 1. The van der Waals surface area contributed by atoms with Gasteiger partial charge in [0, 0.05) is 19.5 Å². The second kappa shape index (κ2) is 9.32. The standard InChI is InChI=1S/C21H22N2O4S/c1-15-17(22-21(27-15)18-9-6-12-28-18)13-19(24)23(11-5-10-20(25)26)14-16-7-3-2-4-8-16/h2-4,6-9,12H,5,10-11,13-14H2,1H3,(H,25,26). The van der Waals surface area contributed by atoms with Gasteiger partial charge in [-0.15, -0.1) is 11.3 Å². The molecule has 1 amide bonds. The molecule has 146 valence electrons. The summed E-state index contributed by atoms with van der Waals surface area (Å²) >= 11 is 1.53. The predicted molar refractivity (Wildman–Crippen MR) is 107 cm³/mol. The molecular formula is C21H22N2O4S. The number of hydrogen-bond acceptors (Lipinski definition) is 5. The zero-order valence-electron chi connectivity index (χ0n) is 15.6. The molecule has 0 aliphatic heterocycles. The molecule has 0 unspecified atom stereocenters. The minimum atomic E-state index is -0.861. The minimum Gasteiger partial charge on any atom is -0.481 e. The van der Waals surface area contributed by atoms with Crippen molar-refractivity contribution in [3.05, 3.63) is 64.9 Å². The molecule has 0 atom stereocenters. The maximum absolute atomic E-state index is 12.9. The first kappa shape index (κ1) is 19.8. The molecule has 0 saturated carbocycles. The number of carbonyl (C=O) groups is 2. The van der Waals surface area contributed by atoms with Crippen molar-refractivity contribution < 1.29 is 19.1 Å². The predicted octanol–water partition coefficient (Wildman–Crippen LogP) is 4.15. The summed E-state index contributed by atoms with van der Waals surface area (Å²) in [5.41, 5.74) is 1.62. The van der Waals surface area contributed by atoms with Crippen LogP contribution in [-0.4, -0.2) is 33.4 Å². The number of aliphatic carboxylic acids is 1. The average molecular weight is 398 g/mol. The number of amides is 1. The van der Waals surface area contributed by atoms with Gasteiger partial charge in [-0.25, -0.2) is 4.98 Å². The van der Waals surface area contributed by atoms with Crippen LogP contribution in [0.3, 0.4) is 0 Å². The van der Waals surface area contributed by atoms with Crippen LogP contribution in [-0.2, 0) is 22.6 Å². The first-order valence-electron chi connectivity index (χ1n) is 9.06. The van der Waals surface area contributed by atoms with Crippen molar-refractivity contribution in [3.8, 4) is 10.8 Å². The van der Waals surface area contributed by atoms with E-state index in [0.717, 1.165) is 10.4 Å². The highest BCUT2D eigenvalue weighted by molar-refractivity contribution is 7.13. The Morgan fingerprint density at radius 2 is 1.96 bits per heavy atom. The lowest BCUT2D eigenvalue weighted by atomic mass is 10.1. The van der Waals surface area contributed by atoms with Crippen LogP contribution in [0.5, 0.6) is 0 Å². The molecule has 0 aliphatic rings. The van der Waals surface area contributed by atoms with Gasteiger partial charge in [0.15, 0.2) is 0 Å². The summed E-state index contributed by atoms with van der Waals surface area (Å²) in [7, 11) is 0. The number of nitrogens with zero attached hydrogens (tertiary/aromatic N) is 2. The van der Waals surface area contributed by atoms with Gasteiger partial charge in [-0.3, -0.25) is 9.59 Å². The van der Waals surface area contributed by atoms with Crippen LogP contribution in [0.25, 0.3) is 10.8 Å². The van der Waals surface area contributed by atoms with Crippen molar-refractivity contribution >= 4 is 23.2 Å². The molecule has 0 radical (unpaired) electrons.